The lowest BCUT2D eigenvalue weighted by Gasteiger charge is -2.28. The molecular weight excluding hydrogens is 348 g/mol. The number of rotatable bonds is 6. The zero-order valence-electron chi connectivity index (χ0n) is 14.0. The van der Waals surface area contributed by atoms with Crippen molar-refractivity contribution in [2.24, 2.45) is 0 Å². The van der Waals surface area contributed by atoms with Gasteiger partial charge in [-0.05, 0) is 19.1 Å². The van der Waals surface area contributed by atoms with Gasteiger partial charge in [-0.2, -0.15) is 5.26 Å². The molecule has 1 saturated heterocycles. The van der Waals surface area contributed by atoms with E-state index in [2.05, 4.69) is 5.59 Å². The fourth-order valence-corrected chi connectivity index (χ4v) is 2.24. The Morgan fingerprint density at radius 2 is 2.04 bits per heavy atom. The van der Waals surface area contributed by atoms with Crippen LogP contribution in [0, 0.1) is 26.4 Å². The lowest BCUT2D eigenvalue weighted by Crippen LogP contribution is -2.54. The SMILES string of the molecule is CCOC(=O)N1CCN([N+](=O)NOc2ccc(C#N)cc2[N+](=O)[O-])CC1. The van der Waals surface area contributed by atoms with Gasteiger partial charge in [0.05, 0.1) is 46.7 Å². The maximum atomic E-state index is 12.0. The van der Waals surface area contributed by atoms with Gasteiger partial charge in [0.15, 0.2) is 0 Å². The standard InChI is InChI=1S/C14H17N6O6/c1-2-25-14(21)17-5-7-18(8-6-17)20(24)16-26-13-4-3-11(10-15)9-12(13)19(22)23/h3-4,9H,2,5-8H2,1H3,(H,16,24)/q+1. The number of nitrogens with zero attached hydrogens (tertiary/aromatic N) is 5. The van der Waals surface area contributed by atoms with E-state index in [4.69, 9.17) is 14.8 Å². The van der Waals surface area contributed by atoms with Crippen molar-refractivity contribution in [2.45, 2.75) is 6.92 Å². The summed E-state index contributed by atoms with van der Waals surface area (Å²) in [7, 11) is 0. The molecule has 1 aromatic rings. The molecular formula is C14H17N6O6+. The van der Waals surface area contributed by atoms with E-state index in [1.807, 2.05) is 0 Å². The van der Waals surface area contributed by atoms with E-state index in [0.717, 1.165) is 6.07 Å². The minimum absolute atomic E-state index is 0.0955. The molecule has 1 fully saturated rings. The number of hydrogen-bond acceptors (Lipinski definition) is 7. The van der Waals surface area contributed by atoms with Crippen molar-refractivity contribution in [1.29, 1.82) is 5.26 Å². The summed E-state index contributed by atoms with van der Waals surface area (Å²) >= 11 is 0. The van der Waals surface area contributed by atoms with Crippen LogP contribution in [0.3, 0.4) is 0 Å². The largest absolute Gasteiger partial charge is 0.450 e. The topological polar surface area (TPSA) is 141 Å². The van der Waals surface area contributed by atoms with Crippen molar-refractivity contribution < 1.29 is 24.3 Å². The Morgan fingerprint density at radius 1 is 1.35 bits per heavy atom. The van der Waals surface area contributed by atoms with E-state index in [1.54, 1.807) is 13.0 Å². The molecule has 12 heteroatoms. The molecule has 0 spiro atoms. The van der Waals surface area contributed by atoms with Crippen molar-refractivity contribution in [3.63, 3.8) is 0 Å². The number of carbonyl (C=O) groups excluding carboxylic acids is 1. The van der Waals surface area contributed by atoms with Gasteiger partial charge < -0.3 is 14.5 Å². The zero-order valence-corrected chi connectivity index (χ0v) is 14.0. The highest BCUT2D eigenvalue weighted by Gasteiger charge is 2.31. The molecule has 26 heavy (non-hydrogen) atoms. The highest BCUT2D eigenvalue weighted by Crippen LogP contribution is 2.27. The number of hydrogen-bond donors (Lipinski definition) is 1. The average molecular weight is 365 g/mol. The van der Waals surface area contributed by atoms with Gasteiger partial charge in [0.1, 0.15) is 0 Å². The number of amides is 1. The number of hydrazine groups is 2. The summed E-state index contributed by atoms with van der Waals surface area (Å²) in [6.45, 7) is 3.01. The Kier molecular flexibility index (Phi) is 6.10. The van der Waals surface area contributed by atoms with Crippen LogP contribution in [-0.2, 0) is 4.74 Å². The summed E-state index contributed by atoms with van der Waals surface area (Å²) in [6.07, 6.45) is -0.443. The van der Waals surface area contributed by atoms with E-state index < -0.39 is 16.7 Å². The number of benzene rings is 1. The minimum atomic E-state index is -0.717. The van der Waals surface area contributed by atoms with Crippen LogP contribution in [0.5, 0.6) is 5.75 Å². The normalized spacial score (nSPS) is 13.5. The molecule has 138 valence electrons. The molecule has 0 unspecified atom stereocenters. The van der Waals surface area contributed by atoms with E-state index in [9.17, 15) is 19.8 Å². The lowest BCUT2D eigenvalue weighted by atomic mass is 10.2. The summed E-state index contributed by atoms with van der Waals surface area (Å²) in [5.41, 5.74) is 1.70. The maximum absolute atomic E-state index is 12.0. The number of nitrogens with one attached hydrogen (secondary N) is 1. The van der Waals surface area contributed by atoms with Crippen LogP contribution in [0.4, 0.5) is 10.5 Å². The molecule has 0 atom stereocenters. The van der Waals surface area contributed by atoms with Crippen LogP contribution in [0.15, 0.2) is 18.2 Å². The maximum Gasteiger partial charge on any atom is 0.409 e. The Bertz CT molecular complexity index is 740. The second kappa shape index (κ2) is 8.47. The quantitative estimate of drug-likeness (QED) is 0.438. The molecule has 12 nitrogen and oxygen atoms in total. The third-order valence-corrected chi connectivity index (χ3v) is 3.56. The Morgan fingerprint density at radius 3 is 2.62 bits per heavy atom. The molecule has 1 aliphatic heterocycles. The third kappa shape index (κ3) is 4.47. The second-order valence-electron chi connectivity index (χ2n) is 5.16. The van der Waals surface area contributed by atoms with Crippen molar-refractivity contribution in [1.82, 2.24) is 15.5 Å². The summed E-state index contributed by atoms with van der Waals surface area (Å²) in [4.78, 5) is 40.7. The highest BCUT2D eigenvalue weighted by atomic mass is 16.7. The molecule has 0 saturated carbocycles. The van der Waals surface area contributed by atoms with Crippen molar-refractivity contribution in [3.05, 3.63) is 38.8 Å². The number of nitro benzene ring substituents is 1. The first-order valence-electron chi connectivity index (χ1n) is 7.71. The predicted octanol–water partition coefficient (Wildman–Crippen LogP) is 0.733. The molecule has 1 aromatic carbocycles. The van der Waals surface area contributed by atoms with Crippen LogP contribution in [-0.4, -0.2) is 58.7 Å². The third-order valence-electron chi connectivity index (χ3n) is 3.56. The van der Waals surface area contributed by atoms with Crippen LogP contribution in [0.25, 0.3) is 0 Å². The monoisotopic (exact) mass is 365 g/mol. The summed E-state index contributed by atoms with van der Waals surface area (Å²) in [6, 6.07) is 5.38. The van der Waals surface area contributed by atoms with E-state index in [1.165, 1.54) is 22.0 Å². The molecule has 1 aliphatic rings. The fourth-order valence-electron chi connectivity index (χ4n) is 2.24. The first kappa shape index (κ1) is 18.7. The number of ether oxygens (including phenoxy) is 1. The van der Waals surface area contributed by atoms with Crippen LogP contribution >= 0.6 is 0 Å². The van der Waals surface area contributed by atoms with Crippen LogP contribution in [0.2, 0.25) is 0 Å². The minimum Gasteiger partial charge on any atom is -0.450 e. The molecule has 0 aromatic heterocycles. The number of nitro groups is 1. The lowest BCUT2D eigenvalue weighted by molar-refractivity contribution is -0.782. The molecule has 0 radical (unpaired) electrons. The molecule has 0 bridgehead atoms. The first-order valence-corrected chi connectivity index (χ1v) is 7.71. The molecule has 0 aliphatic carbocycles. The molecule has 1 heterocycles. The van der Waals surface area contributed by atoms with E-state index in [0.29, 0.717) is 4.98 Å². The Balaban J connectivity index is 1.91. The number of carbonyl (C=O) groups is 1. The number of nitriles is 1. The van der Waals surface area contributed by atoms with Gasteiger partial charge in [-0.25, -0.2) is 4.79 Å². The highest BCUT2D eigenvalue weighted by molar-refractivity contribution is 5.67. The molecule has 2 rings (SSSR count). The van der Waals surface area contributed by atoms with Gasteiger partial charge in [0.25, 0.3) is 4.98 Å². The fraction of sp³-hybridized carbons (Fsp3) is 0.429. The zero-order chi connectivity index (χ0) is 19.1. The van der Waals surface area contributed by atoms with E-state index >= 15 is 0 Å². The average Bonchev–Trinajstić information content (AvgIpc) is 2.66. The van der Waals surface area contributed by atoms with Crippen molar-refractivity contribution in [2.75, 3.05) is 32.8 Å². The number of piperazine rings is 1. The molecule has 1 N–H and O–H groups in total. The van der Waals surface area contributed by atoms with Crippen molar-refractivity contribution in [3.8, 4) is 11.8 Å². The van der Waals surface area contributed by atoms with Gasteiger partial charge in [0, 0.05) is 19.2 Å². The molecule has 1 amide bonds. The van der Waals surface area contributed by atoms with Gasteiger partial charge >= 0.3 is 11.8 Å². The van der Waals surface area contributed by atoms with Gasteiger partial charge in [-0.1, -0.05) is 0 Å². The first-order chi connectivity index (χ1) is 12.5. The van der Waals surface area contributed by atoms with Gasteiger partial charge in [0.2, 0.25) is 5.75 Å². The van der Waals surface area contributed by atoms with Crippen LogP contribution in [0.1, 0.15) is 12.5 Å². The Labute approximate surface area is 148 Å². The van der Waals surface area contributed by atoms with Crippen molar-refractivity contribution >= 4 is 11.8 Å². The van der Waals surface area contributed by atoms with Gasteiger partial charge in [-0.3, -0.25) is 10.1 Å². The van der Waals surface area contributed by atoms with Crippen LogP contribution < -0.4 is 10.4 Å². The summed E-state index contributed by atoms with van der Waals surface area (Å²) in [5.74, 6) is -0.208. The van der Waals surface area contributed by atoms with E-state index in [-0.39, 0.29) is 44.1 Å². The summed E-state index contributed by atoms with van der Waals surface area (Å²) in [5, 5.41) is 21.1. The Hall–Kier alpha value is -3.62. The van der Waals surface area contributed by atoms with Gasteiger partial charge in [-0.15, -0.1) is 5.01 Å². The predicted molar refractivity (Wildman–Crippen MR) is 85.4 cm³/mol. The summed E-state index contributed by atoms with van der Waals surface area (Å²) < 4.78 is 4.89. The second-order valence-corrected chi connectivity index (χ2v) is 5.16. The number of nitroso groups, excluding NO2 is 1. The smallest absolute Gasteiger partial charge is 0.409 e.